The highest BCUT2D eigenvalue weighted by molar-refractivity contribution is 5.41. The molecule has 1 aliphatic carbocycles. The standard InChI is InChI=1S/C15H16N2O2/c18-11-19-9-6-14-16-10-13(17-14)15(7-8-15)12-4-2-1-3-5-12/h1-5,10-11H,6-9H2,(H,16,17). The van der Waals surface area contributed by atoms with Crippen molar-refractivity contribution in [3.63, 3.8) is 0 Å². The molecular formula is C15H16N2O2. The first kappa shape index (κ1) is 12.0. The van der Waals surface area contributed by atoms with E-state index in [1.807, 2.05) is 12.3 Å². The van der Waals surface area contributed by atoms with Gasteiger partial charge in [0.15, 0.2) is 0 Å². The molecule has 19 heavy (non-hydrogen) atoms. The quantitative estimate of drug-likeness (QED) is 0.637. The number of aromatic amines is 1. The molecule has 1 N–H and O–H groups in total. The summed E-state index contributed by atoms with van der Waals surface area (Å²) in [6, 6.07) is 10.5. The van der Waals surface area contributed by atoms with Crippen molar-refractivity contribution in [3.05, 3.63) is 53.6 Å². The molecule has 0 saturated heterocycles. The number of nitrogens with zero attached hydrogens (tertiary/aromatic N) is 1. The summed E-state index contributed by atoms with van der Waals surface area (Å²) in [4.78, 5) is 17.8. The average Bonchev–Trinajstić information content (AvgIpc) is 3.14. The van der Waals surface area contributed by atoms with Crippen LogP contribution in [-0.4, -0.2) is 23.0 Å². The van der Waals surface area contributed by atoms with Crippen molar-refractivity contribution >= 4 is 6.47 Å². The third-order valence-electron chi connectivity index (χ3n) is 3.75. The topological polar surface area (TPSA) is 55.0 Å². The Morgan fingerprint density at radius 1 is 1.32 bits per heavy atom. The van der Waals surface area contributed by atoms with Crippen LogP contribution in [0.4, 0.5) is 0 Å². The minimum atomic E-state index is 0.123. The van der Waals surface area contributed by atoms with Crippen LogP contribution in [0.15, 0.2) is 36.5 Å². The van der Waals surface area contributed by atoms with Crippen molar-refractivity contribution in [2.75, 3.05) is 6.61 Å². The highest BCUT2D eigenvalue weighted by Gasteiger charge is 2.47. The maximum Gasteiger partial charge on any atom is 0.293 e. The van der Waals surface area contributed by atoms with Gasteiger partial charge in [0.2, 0.25) is 0 Å². The van der Waals surface area contributed by atoms with E-state index < -0.39 is 0 Å². The van der Waals surface area contributed by atoms with Crippen LogP contribution < -0.4 is 0 Å². The highest BCUT2D eigenvalue weighted by Crippen LogP contribution is 2.52. The number of H-pyrrole nitrogens is 1. The lowest BCUT2D eigenvalue weighted by molar-refractivity contribution is -0.128. The van der Waals surface area contributed by atoms with E-state index >= 15 is 0 Å². The molecule has 1 aromatic heterocycles. The molecule has 2 aromatic rings. The van der Waals surface area contributed by atoms with E-state index in [1.165, 1.54) is 11.3 Å². The molecular weight excluding hydrogens is 240 g/mol. The monoisotopic (exact) mass is 256 g/mol. The predicted molar refractivity (Wildman–Crippen MR) is 70.8 cm³/mol. The van der Waals surface area contributed by atoms with E-state index in [0.717, 1.165) is 18.7 Å². The maximum absolute atomic E-state index is 10.1. The molecule has 1 aliphatic rings. The van der Waals surface area contributed by atoms with Crippen LogP contribution in [0.5, 0.6) is 0 Å². The van der Waals surface area contributed by atoms with Crippen LogP contribution in [0.2, 0.25) is 0 Å². The van der Waals surface area contributed by atoms with E-state index in [-0.39, 0.29) is 5.41 Å². The average molecular weight is 256 g/mol. The number of carbonyl (C=O) groups excluding carboxylic acids is 1. The van der Waals surface area contributed by atoms with E-state index in [1.54, 1.807) is 0 Å². The fourth-order valence-corrected chi connectivity index (χ4v) is 2.53. The van der Waals surface area contributed by atoms with Crippen LogP contribution in [0.1, 0.15) is 29.9 Å². The van der Waals surface area contributed by atoms with Gasteiger partial charge in [0, 0.05) is 23.7 Å². The number of aromatic nitrogens is 2. The number of carbonyl (C=O) groups is 1. The molecule has 0 spiro atoms. The number of rotatable bonds is 6. The largest absolute Gasteiger partial charge is 0.467 e. The first-order valence-corrected chi connectivity index (χ1v) is 6.50. The second-order valence-electron chi connectivity index (χ2n) is 4.91. The van der Waals surface area contributed by atoms with Crippen molar-refractivity contribution < 1.29 is 9.53 Å². The van der Waals surface area contributed by atoms with Crippen molar-refractivity contribution in [2.24, 2.45) is 0 Å². The molecule has 1 heterocycles. The van der Waals surface area contributed by atoms with Gasteiger partial charge in [-0.15, -0.1) is 0 Å². The molecule has 4 nitrogen and oxygen atoms in total. The summed E-state index contributed by atoms with van der Waals surface area (Å²) >= 11 is 0. The highest BCUT2D eigenvalue weighted by atomic mass is 16.5. The number of nitrogens with one attached hydrogen (secondary N) is 1. The second-order valence-corrected chi connectivity index (χ2v) is 4.91. The molecule has 0 radical (unpaired) electrons. The van der Waals surface area contributed by atoms with Gasteiger partial charge in [-0.1, -0.05) is 30.3 Å². The van der Waals surface area contributed by atoms with Gasteiger partial charge in [-0.25, -0.2) is 4.98 Å². The lowest BCUT2D eigenvalue weighted by Crippen LogP contribution is -2.09. The lowest BCUT2D eigenvalue weighted by Gasteiger charge is -2.13. The molecule has 0 aliphatic heterocycles. The van der Waals surface area contributed by atoms with Crippen LogP contribution in [-0.2, 0) is 21.4 Å². The third kappa shape index (κ3) is 2.26. The number of hydrogen-bond donors (Lipinski definition) is 1. The molecule has 1 fully saturated rings. The lowest BCUT2D eigenvalue weighted by atomic mass is 9.93. The Balaban J connectivity index is 1.77. The summed E-state index contributed by atoms with van der Waals surface area (Å²) in [5, 5.41) is 0. The molecule has 0 atom stereocenters. The minimum absolute atomic E-state index is 0.123. The molecule has 1 aromatic carbocycles. The number of hydrogen-bond acceptors (Lipinski definition) is 3. The third-order valence-corrected chi connectivity index (χ3v) is 3.75. The summed E-state index contributed by atoms with van der Waals surface area (Å²) in [5.41, 5.74) is 2.63. The van der Waals surface area contributed by atoms with Crippen LogP contribution in [0.25, 0.3) is 0 Å². The second kappa shape index (κ2) is 4.88. The van der Waals surface area contributed by atoms with Crippen LogP contribution in [0, 0.1) is 0 Å². The van der Waals surface area contributed by atoms with Gasteiger partial charge in [0.1, 0.15) is 5.82 Å². The SMILES string of the molecule is O=COCCc1ncc(C2(c3ccccc3)CC2)[nH]1. The van der Waals surface area contributed by atoms with E-state index in [9.17, 15) is 4.79 Å². The number of imidazole rings is 1. The van der Waals surface area contributed by atoms with Crippen molar-refractivity contribution in [2.45, 2.75) is 24.7 Å². The zero-order valence-electron chi connectivity index (χ0n) is 10.6. The van der Waals surface area contributed by atoms with Gasteiger partial charge in [-0.3, -0.25) is 4.79 Å². The zero-order chi connectivity index (χ0) is 13.1. The first-order chi connectivity index (χ1) is 9.35. The molecule has 3 rings (SSSR count). The van der Waals surface area contributed by atoms with Crippen molar-refractivity contribution in [3.8, 4) is 0 Å². The van der Waals surface area contributed by atoms with Gasteiger partial charge >= 0.3 is 0 Å². The fraction of sp³-hybridized carbons (Fsp3) is 0.333. The van der Waals surface area contributed by atoms with Crippen LogP contribution >= 0.6 is 0 Å². The predicted octanol–water partition coefficient (Wildman–Crippen LogP) is 2.21. The Hall–Kier alpha value is -2.10. The molecule has 0 unspecified atom stereocenters. The molecule has 98 valence electrons. The minimum Gasteiger partial charge on any atom is -0.467 e. The summed E-state index contributed by atoms with van der Waals surface area (Å²) in [7, 11) is 0. The molecule has 1 saturated carbocycles. The zero-order valence-corrected chi connectivity index (χ0v) is 10.6. The summed E-state index contributed by atoms with van der Waals surface area (Å²) in [5.74, 6) is 0.874. The van der Waals surface area contributed by atoms with E-state index in [4.69, 9.17) is 4.74 Å². The van der Waals surface area contributed by atoms with E-state index in [2.05, 4.69) is 34.2 Å². The fourth-order valence-electron chi connectivity index (χ4n) is 2.53. The Morgan fingerprint density at radius 3 is 2.79 bits per heavy atom. The molecule has 0 amide bonds. The Morgan fingerprint density at radius 2 is 2.11 bits per heavy atom. The van der Waals surface area contributed by atoms with Gasteiger partial charge in [0.25, 0.3) is 6.47 Å². The number of benzene rings is 1. The number of ether oxygens (including phenoxy) is 1. The van der Waals surface area contributed by atoms with Gasteiger partial charge in [-0.05, 0) is 18.4 Å². The maximum atomic E-state index is 10.1. The van der Waals surface area contributed by atoms with Crippen molar-refractivity contribution in [1.29, 1.82) is 0 Å². The smallest absolute Gasteiger partial charge is 0.293 e. The Labute approximate surface area is 111 Å². The van der Waals surface area contributed by atoms with Crippen molar-refractivity contribution in [1.82, 2.24) is 9.97 Å². The summed E-state index contributed by atoms with van der Waals surface area (Å²) < 4.78 is 4.69. The van der Waals surface area contributed by atoms with Gasteiger partial charge in [0.05, 0.1) is 6.61 Å². The van der Waals surface area contributed by atoms with Gasteiger partial charge < -0.3 is 9.72 Å². The Kier molecular flexibility index (Phi) is 3.07. The summed E-state index contributed by atoms with van der Waals surface area (Å²) in [6.07, 6.45) is 4.85. The summed E-state index contributed by atoms with van der Waals surface area (Å²) in [6.45, 7) is 0.838. The Bertz CT molecular complexity index is 559. The first-order valence-electron chi connectivity index (χ1n) is 6.50. The normalized spacial score (nSPS) is 16.0. The molecule has 0 bridgehead atoms. The van der Waals surface area contributed by atoms with Gasteiger partial charge in [-0.2, -0.15) is 0 Å². The molecule has 4 heteroatoms. The van der Waals surface area contributed by atoms with E-state index in [0.29, 0.717) is 19.5 Å². The van der Waals surface area contributed by atoms with Crippen LogP contribution in [0.3, 0.4) is 0 Å².